The van der Waals surface area contributed by atoms with Crippen LogP contribution in [0.15, 0.2) is 0 Å². The first-order chi connectivity index (χ1) is 55.3. The molecule has 10 saturated heterocycles. The molecule has 10 rings (SSSR count). The first-order valence-corrected chi connectivity index (χ1v) is 38.5. The normalized spacial score (nSPS) is 52.1. The lowest BCUT2D eigenvalue weighted by atomic mass is 9.88. The van der Waals surface area contributed by atoms with E-state index in [1.807, 2.05) is 0 Å². The second-order valence-electron chi connectivity index (χ2n) is 31.4. The van der Waals surface area contributed by atoms with Crippen molar-refractivity contribution in [3.63, 3.8) is 0 Å². The van der Waals surface area contributed by atoms with Crippen molar-refractivity contribution in [2.45, 2.75) is 329 Å². The van der Waals surface area contributed by atoms with Gasteiger partial charge in [-0.2, -0.15) is 0 Å². The van der Waals surface area contributed by atoms with Gasteiger partial charge in [-0.25, -0.2) is 4.79 Å². The molecule has 0 amide bonds. The molecule has 51 atom stereocenters. The molecule has 0 spiro atoms. The molecule has 0 aromatic rings. The van der Waals surface area contributed by atoms with Gasteiger partial charge in [0.2, 0.25) is 0 Å². The van der Waals surface area contributed by atoms with Gasteiger partial charge in [0.25, 0.3) is 5.79 Å². The maximum absolute atomic E-state index is 12.8. The summed E-state index contributed by atoms with van der Waals surface area (Å²) in [5.41, 5.74) is 5.96. The van der Waals surface area contributed by atoms with E-state index in [0.717, 1.165) is 0 Å². The number of rotatable bonds is 31. The molecular weight excluding hydrogens is 1600 g/mol. The Labute approximate surface area is 666 Å². The van der Waals surface area contributed by atoms with Crippen LogP contribution in [0.5, 0.6) is 0 Å². The van der Waals surface area contributed by atoms with Gasteiger partial charge >= 0.3 is 5.97 Å². The Balaban J connectivity index is 0.893. The van der Waals surface area contributed by atoms with E-state index in [2.05, 4.69) is 0 Å². The summed E-state index contributed by atoms with van der Waals surface area (Å²) >= 11 is 0. The summed E-state index contributed by atoms with van der Waals surface area (Å²) in [4.78, 5) is 12.8. The molecular formula is C68H117NO48. The third kappa shape index (κ3) is 20.2. The van der Waals surface area contributed by atoms with E-state index in [-0.39, 0.29) is 0 Å². The molecule has 0 saturated carbocycles. The number of ether oxygens (including phenoxy) is 19. The monoisotopic (exact) mass is 1720 g/mol. The summed E-state index contributed by atoms with van der Waals surface area (Å²) in [7, 11) is 0. The lowest BCUT2D eigenvalue weighted by molar-refractivity contribution is -0.402. The van der Waals surface area contributed by atoms with Gasteiger partial charge in [0.15, 0.2) is 50.3 Å². The van der Waals surface area contributed by atoms with Gasteiger partial charge in [0.1, 0.15) is 189 Å². The van der Waals surface area contributed by atoms with Crippen LogP contribution in [0.25, 0.3) is 0 Å². The van der Waals surface area contributed by atoms with Gasteiger partial charge in [0, 0.05) is 30.1 Å². The highest BCUT2D eigenvalue weighted by Gasteiger charge is 2.62. The first kappa shape index (κ1) is 96.8. The van der Waals surface area contributed by atoms with Crippen LogP contribution in [0.1, 0.15) is 41.0 Å². The van der Waals surface area contributed by atoms with Crippen molar-refractivity contribution in [1.29, 1.82) is 0 Å². The lowest BCUT2D eigenvalue weighted by Gasteiger charge is -2.51. The predicted molar refractivity (Wildman–Crippen MR) is 365 cm³/mol. The third-order valence-corrected chi connectivity index (χ3v) is 23.7. The van der Waals surface area contributed by atoms with E-state index in [9.17, 15) is 148 Å². The molecule has 117 heavy (non-hydrogen) atoms. The number of aliphatic hydroxyl groups excluding tert-OH is 27. The number of aliphatic carboxylic acids is 1. The fourth-order valence-electron chi connectivity index (χ4n) is 15.9. The van der Waals surface area contributed by atoms with Crippen LogP contribution in [0.3, 0.4) is 0 Å². The fourth-order valence-corrected chi connectivity index (χ4v) is 15.9. The molecule has 10 heterocycles. The number of nitrogens with two attached hydrogens (primary N) is 1. The van der Waals surface area contributed by atoms with Gasteiger partial charge in [-0.3, -0.25) is 0 Å². The second-order valence-corrected chi connectivity index (χ2v) is 31.4. The Bertz CT molecular complexity index is 3020. The van der Waals surface area contributed by atoms with Crippen LogP contribution in [0, 0.1) is 23.7 Å². The van der Waals surface area contributed by atoms with Crippen LogP contribution in [0.4, 0.5) is 0 Å². The Hall–Kier alpha value is -2.41. The zero-order valence-corrected chi connectivity index (χ0v) is 63.9. The summed E-state index contributed by atoms with van der Waals surface area (Å²) in [5.74, 6) is -9.43. The number of hydrogen-bond acceptors (Lipinski definition) is 48. The summed E-state index contributed by atoms with van der Waals surface area (Å²) in [6, 6.07) is -1.56. The molecule has 0 aromatic carbocycles. The SMILES string of the molecule is CC1C(O)[C@H](O[C@@H]2OC(CO[C@]3(C(=O)O)C[C@@H](O)[C@@H](N)C([C@H](O)[C@H](O)CO)O3)[C@H](O)C(O)[C@@H]2O)[C@H](CO)O[C@H]1O[C@@H]1C(O)[C@H](O)C(CO)O[C@@H]1OCC1O[C@@H](O[C@@H]2C(CO)O[C@@H](O[C@@H]3C(CO)O[C@@H](C)[C@@H](C)C3O)[C@@H](C)C2O)[C@H](O)C(O[C@H]2O[C@H](CO)[C@@H](O)C(O)C2O[C@@H]2OC(CO)[C@@H](O[C@@H]3OC(CO)[C@H](O)C(O)[C@@H]3O)C(O)[C@@H]2C)[C@@H]1O. The van der Waals surface area contributed by atoms with Gasteiger partial charge in [-0.05, 0) is 6.92 Å². The molecule has 0 radical (unpaired) electrons. The van der Waals surface area contributed by atoms with Crippen LogP contribution in [-0.2, 0) is 94.8 Å². The van der Waals surface area contributed by atoms with Gasteiger partial charge in [0.05, 0.1) is 109 Å². The molecule has 0 aromatic heterocycles. The van der Waals surface area contributed by atoms with E-state index in [4.69, 9.17) is 95.7 Å². The second kappa shape index (κ2) is 41.4. The topological polar surface area (TPSA) is 785 Å². The zero-order valence-electron chi connectivity index (χ0n) is 63.9. The molecule has 10 fully saturated rings. The summed E-state index contributed by atoms with van der Waals surface area (Å²) in [6.07, 6.45) is -85.6. The molecule has 49 nitrogen and oxygen atoms in total. The highest BCUT2D eigenvalue weighted by Crippen LogP contribution is 2.43. The number of carboxylic acids is 1. The van der Waals surface area contributed by atoms with E-state index in [0.29, 0.717) is 0 Å². The van der Waals surface area contributed by atoms with Crippen LogP contribution >= 0.6 is 0 Å². The van der Waals surface area contributed by atoms with E-state index in [1.54, 1.807) is 13.8 Å². The molecule has 19 unspecified atom stereocenters. The van der Waals surface area contributed by atoms with Gasteiger partial charge in [-0.15, -0.1) is 0 Å². The number of carboxylic acid groups (broad SMARTS) is 1. The lowest BCUT2D eigenvalue weighted by Crippen LogP contribution is -2.68. The molecule has 0 aliphatic carbocycles. The van der Waals surface area contributed by atoms with Crippen LogP contribution in [-0.4, -0.2) is 503 Å². The molecule has 0 bridgehead atoms. The van der Waals surface area contributed by atoms with Crippen molar-refractivity contribution in [2.24, 2.45) is 29.4 Å². The van der Waals surface area contributed by atoms with Crippen molar-refractivity contribution in [1.82, 2.24) is 0 Å². The standard InChI is InChI=1S/C68H117NO48/c1-17-21(5)101-27(11-74)51(34(17)80)110-59-18(2)35(81)54(30(14-77)105-59)113-64-50(96)56(114-66-58(47(93)41(87)26(10-73)104-66)116-61-20(4)37(83)52(28(12-75)107-61)111-62-48(94)44(90)39(85)24(8-71)102-62)43(89)31(108-64)15-99-65-57(46(92)40(86)25(9-72)103-65)115-60-19(3)36(82)53(29(13-76)106-60)112-63-49(95)45(91)42(88)32(109-63)16-100-68(67(97)98)6-22(78)33(69)55(117-68)38(84)23(79)7-70/h17-66,70-96H,6-16,69H2,1-5H3,(H,97,98)/t17-,18+,19?,20+,21+,22-,23-,24?,25?,26-,27?,28?,29+,30?,31?,32?,33-,34?,35?,36?,37?,38-,39+,40-,41-,42+,43-,44?,45?,46?,47?,48+,49+,50-,51-,52-,53-,54-,55?,56?,57-,58?,59+,60+,61+,62+,63+,64+,65+,66-,68-/m1/s1. The average molecular weight is 1720 g/mol. The highest BCUT2D eigenvalue weighted by molar-refractivity contribution is 5.76. The molecule has 30 N–H and O–H groups in total. The minimum Gasteiger partial charge on any atom is -0.477 e. The van der Waals surface area contributed by atoms with Crippen LogP contribution < -0.4 is 5.73 Å². The minimum atomic E-state index is -2.94. The van der Waals surface area contributed by atoms with E-state index >= 15 is 0 Å². The van der Waals surface area contributed by atoms with Crippen molar-refractivity contribution >= 4 is 5.97 Å². The molecule has 10 aliphatic rings. The van der Waals surface area contributed by atoms with Gasteiger partial charge in [-0.1, -0.05) is 27.7 Å². The Morgan fingerprint density at radius 1 is 0.350 bits per heavy atom. The van der Waals surface area contributed by atoms with Crippen molar-refractivity contribution in [3.05, 3.63) is 0 Å². The Morgan fingerprint density at radius 2 is 0.675 bits per heavy atom. The zero-order chi connectivity index (χ0) is 86.2. The van der Waals surface area contributed by atoms with Gasteiger partial charge < -0.3 is 239 Å². The fraction of sp³-hybridized carbons (Fsp3) is 0.985. The third-order valence-electron chi connectivity index (χ3n) is 23.7. The minimum absolute atomic E-state index is 0.552. The smallest absolute Gasteiger partial charge is 0.364 e. The summed E-state index contributed by atoms with van der Waals surface area (Å²) in [6.45, 7) is -2.70. The van der Waals surface area contributed by atoms with E-state index in [1.165, 1.54) is 20.8 Å². The summed E-state index contributed by atoms with van der Waals surface area (Å²) < 4.78 is 114. The molecule has 10 aliphatic heterocycles. The maximum atomic E-state index is 12.8. The first-order valence-electron chi connectivity index (χ1n) is 38.5. The number of aliphatic hydroxyl groups is 27. The average Bonchev–Trinajstić information content (AvgIpc) is 0.769. The van der Waals surface area contributed by atoms with Crippen molar-refractivity contribution in [2.75, 3.05) is 66.1 Å². The maximum Gasteiger partial charge on any atom is 0.364 e. The molecule has 682 valence electrons. The van der Waals surface area contributed by atoms with E-state index < -0.39 is 390 Å². The largest absolute Gasteiger partial charge is 0.477 e. The Morgan fingerprint density at radius 3 is 1.09 bits per heavy atom. The number of hydrogen-bond donors (Lipinski definition) is 29. The summed E-state index contributed by atoms with van der Waals surface area (Å²) in [5, 5.41) is 309. The predicted octanol–water partition coefficient (Wildman–Crippen LogP) is -17.5. The highest BCUT2D eigenvalue weighted by atomic mass is 16.8. The number of carbonyl (C=O) groups is 1. The quantitative estimate of drug-likeness (QED) is 0.0306. The Kier molecular flexibility index (Phi) is 34.2. The van der Waals surface area contributed by atoms with Crippen molar-refractivity contribution in [3.8, 4) is 0 Å². The molecule has 49 heteroatoms. The van der Waals surface area contributed by atoms with Crippen molar-refractivity contribution < 1.29 is 238 Å². The van der Waals surface area contributed by atoms with Crippen LogP contribution in [0.2, 0.25) is 0 Å².